The average molecular weight is 236 g/mol. The molecule has 0 aliphatic rings. The molecule has 0 spiro atoms. The fraction of sp³-hybridized carbons (Fsp3) is 0.167. The van der Waals surface area contributed by atoms with Gasteiger partial charge in [-0.2, -0.15) is 0 Å². The summed E-state index contributed by atoms with van der Waals surface area (Å²) in [7, 11) is 1.89. The standard InChI is InChI=1S/C12H13FN2S/c1-8-6-7-16-12(8)15(2)10-5-3-4-9(13)11(10)14/h3-7H,14H2,1-2H3. The van der Waals surface area contributed by atoms with Gasteiger partial charge in [0, 0.05) is 7.05 Å². The molecule has 0 aliphatic heterocycles. The molecule has 0 aliphatic carbocycles. The molecule has 2 N–H and O–H groups in total. The predicted molar refractivity (Wildman–Crippen MR) is 67.9 cm³/mol. The van der Waals surface area contributed by atoms with Crippen LogP contribution in [0, 0.1) is 12.7 Å². The van der Waals surface area contributed by atoms with E-state index in [-0.39, 0.29) is 11.5 Å². The molecule has 0 unspecified atom stereocenters. The van der Waals surface area contributed by atoms with Crippen molar-refractivity contribution in [2.45, 2.75) is 6.92 Å². The highest BCUT2D eigenvalue weighted by molar-refractivity contribution is 7.14. The first kappa shape index (κ1) is 11.0. The topological polar surface area (TPSA) is 29.3 Å². The number of nitrogens with zero attached hydrogens (tertiary/aromatic N) is 1. The highest BCUT2D eigenvalue weighted by Crippen LogP contribution is 2.35. The Bertz CT molecular complexity index is 507. The first-order valence-corrected chi connectivity index (χ1v) is 5.81. The maximum atomic E-state index is 13.3. The van der Waals surface area contributed by atoms with Crippen LogP contribution in [-0.2, 0) is 0 Å². The van der Waals surface area contributed by atoms with Crippen molar-refractivity contribution in [3.63, 3.8) is 0 Å². The summed E-state index contributed by atoms with van der Waals surface area (Å²) in [5.74, 6) is -0.376. The monoisotopic (exact) mass is 236 g/mol. The van der Waals surface area contributed by atoms with Crippen molar-refractivity contribution in [3.8, 4) is 0 Å². The molecule has 0 fully saturated rings. The number of anilines is 3. The Kier molecular flexibility index (Phi) is 2.83. The van der Waals surface area contributed by atoms with E-state index in [0.717, 1.165) is 10.6 Å². The average Bonchev–Trinajstić information content (AvgIpc) is 2.68. The van der Waals surface area contributed by atoms with Crippen LogP contribution in [0.5, 0.6) is 0 Å². The van der Waals surface area contributed by atoms with Crippen LogP contribution in [0.15, 0.2) is 29.6 Å². The van der Waals surface area contributed by atoms with E-state index >= 15 is 0 Å². The van der Waals surface area contributed by atoms with Gasteiger partial charge in [-0.15, -0.1) is 11.3 Å². The molecule has 0 atom stereocenters. The van der Waals surface area contributed by atoms with Crippen molar-refractivity contribution in [2.24, 2.45) is 0 Å². The number of aryl methyl sites for hydroxylation is 1. The number of nitrogens with two attached hydrogens (primary N) is 1. The van der Waals surface area contributed by atoms with E-state index in [0.29, 0.717) is 5.69 Å². The molecule has 0 amide bonds. The van der Waals surface area contributed by atoms with Gasteiger partial charge in [0.2, 0.25) is 0 Å². The summed E-state index contributed by atoms with van der Waals surface area (Å²) in [5, 5.41) is 3.09. The lowest BCUT2D eigenvalue weighted by Crippen LogP contribution is -2.11. The Morgan fingerprint density at radius 1 is 1.31 bits per heavy atom. The highest BCUT2D eigenvalue weighted by Gasteiger charge is 2.12. The van der Waals surface area contributed by atoms with Crippen LogP contribution in [0.25, 0.3) is 0 Å². The van der Waals surface area contributed by atoms with Crippen LogP contribution in [-0.4, -0.2) is 7.05 Å². The molecule has 1 aromatic carbocycles. The van der Waals surface area contributed by atoms with E-state index in [4.69, 9.17) is 5.73 Å². The fourth-order valence-corrected chi connectivity index (χ4v) is 2.55. The van der Waals surface area contributed by atoms with Crippen molar-refractivity contribution in [3.05, 3.63) is 41.0 Å². The van der Waals surface area contributed by atoms with Crippen molar-refractivity contribution in [1.29, 1.82) is 0 Å². The zero-order valence-electron chi connectivity index (χ0n) is 9.20. The summed E-state index contributed by atoms with van der Waals surface area (Å²) in [5.41, 5.74) is 7.78. The number of benzene rings is 1. The lowest BCUT2D eigenvalue weighted by atomic mass is 10.2. The fourth-order valence-electron chi connectivity index (χ4n) is 1.64. The second kappa shape index (κ2) is 4.14. The lowest BCUT2D eigenvalue weighted by Gasteiger charge is -2.20. The second-order valence-electron chi connectivity index (χ2n) is 3.64. The predicted octanol–water partition coefficient (Wildman–Crippen LogP) is 3.55. The van der Waals surface area contributed by atoms with E-state index < -0.39 is 0 Å². The van der Waals surface area contributed by atoms with E-state index in [2.05, 4.69) is 0 Å². The van der Waals surface area contributed by atoms with E-state index in [1.165, 1.54) is 6.07 Å². The van der Waals surface area contributed by atoms with Gasteiger partial charge < -0.3 is 10.6 Å². The van der Waals surface area contributed by atoms with E-state index in [1.807, 2.05) is 36.4 Å². The van der Waals surface area contributed by atoms with Crippen LogP contribution in [0.3, 0.4) is 0 Å². The number of hydrogen-bond acceptors (Lipinski definition) is 3. The van der Waals surface area contributed by atoms with E-state index in [9.17, 15) is 4.39 Å². The first-order chi connectivity index (χ1) is 7.61. The minimum Gasteiger partial charge on any atom is -0.395 e. The van der Waals surface area contributed by atoms with E-state index in [1.54, 1.807) is 17.4 Å². The lowest BCUT2D eigenvalue weighted by molar-refractivity contribution is 0.632. The molecule has 84 valence electrons. The molecule has 0 radical (unpaired) electrons. The van der Waals surface area contributed by atoms with Gasteiger partial charge in [-0.25, -0.2) is 4.39 Å². The molecular formula is C12H13FN2S. The summed E-state index contributed by atoms with van der Waals surface area (Å²) in [6.45, 7) is 2.03. The zero-order valence-corrected chi connectivity index (χ0v) is 10.0. The molecule has 2 rings (SSSR count). The van der Waals surface area contributed by atoms with Crippen LogP contribution >= 0.6 is 11.3 Å². The Balaban J connectivity index is 2.46. The normalized spacial score (nSPS) is 10.4. The zero-order chi connectivity index (χ0) is 11.7. The molecule has 0 saturated heterocycles. The third kappa shape index (κ3) is 1.76. The molecule has 0 bridgehead atoms. The van der Waals surface area contributed by atoms with Gasteiger partial charge in [-0.1, -0.05) is 6.07 Å². The first-order valence-electron chi connectivity index (χ1n) is 4.93. The van der Waals surface area contributed by atoms with Gasteiger partial charge in [-0.3, -0.25) is 0 Å². The maximum absolute atomic E-state index is 13.3. The number of thiophene rings is 1. The SMILES string of the molecule is Cc1ccsc1N(C)c1cccc(F)c1N. The Labute approximate surface area is 98.1 Å². The number of nitrogen functional groups attached to an aromatic ring is 1. The van der Waals surface area contributed by atoms with Gasteiger partial charge in [0.05, 0.1) is 16.4 Å². The minimum atomic E-state index is -0.376. The van der Waals surface area contributed by atoms with Gasteiger partial charge in [0.25, 0.3) is 0 Å². The minimum absolute atomic E-state index is 0.192. The summed E-state index contributed by atoms with van der Waals surface area (Å²) < 4.78 is 13.3. The van der Waals surface area contributed by atoms with Crippen LogP contribution in [0.2, 0.25) is 0 Å². The van der Waals surface area contributed by atoms with Crippen molar-refractivity contribution < 1.29 is 4.39 Å². The van der Waals surface area contributed by atoms with Crippen LogP contribution in [0.1, 0.15) is 5.56 Å². The Hall–Kier alpha value is -1.55. The van der Waals surface area contributed by atoms with Gasteiger partial charge >= 0.3 is 0 Å². The quantitative estimate of drug-likeness (QED) is 0.808. The third-order valence-corrected chi connectivity index (χ3v) is 3.62. The van der Waals surface area contributed by atoms with Gasteiger partial charge in [-0.05, 0) is 36.1 Å². The summed E-state index contributed by atoms with van der Waals surface area (Å²) in [4.78, 5) is 1.92. The second-order valence-corrected chi connectivity index (χ2v) is 4.53. The number of halogens is 1. The number of para-hydroxylation sites is 1. The van der Waals surface area contributed by atoms with Crippen LogP contribution < -0.4 is 10.6 Å². The molecule has 2 aromatic rings. The molecule has 2 nitrogen and oxygen atoms in total. The number of rotatable bonds is 2. The maximum Gasteiger partial charge on any atom is 0.148 e. The molecule has 0 saturated carbocycles. The highest BCUT2D eigenvalue weighted by atomic mass is 32.1. The van der Waals surface area contributed by atoms with Gasteiger partial charge in [0.1, 0.15) is 5.82 Å². The molecule has 1 heterocycles. The van der Waals surface area contributed by atoms with Crippen molar-refractivity contribution in [1.82, 2.24) is 0 Å². The smallest absolute Gasteiger partial charge is 0.148 e. The summed E-state index contributed by atoms with van der Waals surface area (Å²) in [6.07, 6.45) is 0. The van der Waals surface area contributed by atoms with Gasteiger partial charge in [0.15, 0.2) is 0 Å². The largest absolute Gasteiger partial charge is 0.395 e. The molecule has 4 heteroatoms. The summed E-state index contributed by atoms with van der Waals surface area (Å²) >= 11 is 1.61. The molecular weight excluding hydrogens is 223 g/mol. The molecule has 16 heavy (non-hydrogen) atoms. The summed E-state index contributed by atoms with van der Waals surface area (Å²) in [6, 6.07) is 6.89. The number of hydrogen-bond donors (Lipinski definition) is 1. The Morgan fingerprint density at radius 2 is 2.06 bits per heavy atom. The van der Waals surface area contributed by atoms with Crippen molar-refractivity contribution >= 4 is 27.7 Å². The third-order valence-electron chi connectivity index (χ3n) is 2.53. The molecule has 1 aromatic heterocycles. The Morgan fingerprint density at radius 3 is 2.69 bits per heavy atom. The van der Waals surface area contributed by atoms with Crippen LogP contribution in [0.4, 0.5) is 20.8 Å². The van der Waals surface area contributed by atoms with Crippen molar-refractivity contribution in [2.75, 3.05) is 17.7 Å².